The number of hydrogen-bond acceptors (Lipinski definition) is 5. The van der Waals surface area contributed by atoms with Crippen molar-refractivity contribution >= 4 is 35.2 Å². The van der Waals surface area contributed by atoms with Crippen molar-refractivity contribution in [1.82, 2.24) is 0 Å². The second kappa shape index (κ2) is 19.9. The smallest absolute Gasteiger partial charge is 0.255 e. The van der Waals surface area contributed by atoms with E-state index in [1.165, 1.54) is 50.6 Å². The van der Waals surface area contributed by atoms with Crippen LogP contribution in [-0.4, -0.2) is 29.2 Å². The summed E-state index contributed by atoms with van der Waals surface area (Å²) in [6.45, 7) is 8.72. The predicted octanol–water partition coefficient (Wildman–Crippen LogP) is 6.84. The first-order valence-electron chi connectivity index (χ1n) is 10.3. The minimum Gasteiger partial charge on any atom is -0.397 e. The van der Waals surface area contributed by atoms with Crippen LogP contribution in [-0.2, 0) is 0 Å². The highest BCUT2D eigenvalue weighted by atomic mass is 35.5. The third-order valence-electron chi connectivity index (χ3n) is 3.60. The number of rotatable bonds is 6. The summed E-state index contributed by atoms with van der Waals surface area (Å²) in [7, 11) is 1.50. The second-order valence-electron chi connectivity index (χ2n) is 6.67. The highest BCUT2D eigenvalue weighted by Crippen LogP contribution is 2.26. The van der Waals surface area contributed by atoms with E-state index in [2.05, 4.69) is 31.8 Å². The fourth-order valence-corrected chi connectivity index (χ4v) is 2.66. The molecular formula is C23H35ClF2N2O3S. The fourth-order valence-electron chi connectivity index (χ4n) is 2.10. The van der Waals surface area contributed by atoms with Crippen LogP contribution in [0.4, 0.5) is 14.5 Å². The summed E-state index contributed by atoms with van der Waals surface area (Å²) < 4.78 is 34.8. The van der Waals surface area contributed by atoms with Gasteiger partial charge >= 0.3 is 0 Å². The molecule has 182 valence electrons. The molecular weight excluding hydrogens is 458 g/mol. The molecule has 0 unspecified atom stereocenters. The van der Waals surface area contributed by atoms with Gasteiger partial charge < -0.3 is 20.7 Å². The molecule has 0 aliphatic carbocycles. The molecule has 0 atom stereocenters. The van der Waals surface area contributed by atoms with Gasteiger partial charge in [0.05, 0.1) is 9.92 Å². The topological polar surface area (TPSA) is 95.6 Å². The molecule has 0 aromatic heterocycles. The molecule has 0 radical (unpaired) electrons. The van der Waals surface area contributed by atoms with Crippen molar-refractivity contribution < 1.29 is 23.2 Å². The lowest BCUT2D eigenvalue weighted by molar-refractivity contribution is 0.102. The zero-order chi connectivity index (χ0) is 25.1. The number of halogens is 3. The SMILES string of the molecule is CCCCC(C)C.CCO.CN.O=C(Nc1ccc(F)c(F)c1)c1ccc(Cl)c(SO)c1. The molecule has 2 aromatic rings. The number of carbonyl (C=O) groups excluding carboxylic acids is 1. The number of aliphatic hydroxyl groups is 1. The molecule has 2 aromatic carbocycles. The van der Waals surface area contributed by atoms with Gasteiger partial charge in [-0.1, -0.05) is 51.6 Å². The number of nitrogens with one attached hydrogen (secondary N) is 1. The molecule has 5 nitrogen and oxygen atoms in total. The molecule has 0 saturated heterocycles. The van der Waals surface area contributed by atoms with Gasteiger partial charge in [-0.15, -0.1) is 0 Å². The molecule has 2 rings (SSSR count). The average Bonchev–Trinajstić information content (AvgIpc) is 2.77. The maximum absolute atomic E-state index is 13.0. The summed E-state index contributed by atoms with van der Waals surface area (Å²) in [6.07, 6.45) is 4.15. The van der Waals surface area contributed by atoms with Crippen LogP contribution in [0.3, 0.4) is 0 Å². The van der Waals surface area contributed by atoms with Crippen LogP contribution < -0.4 is 11.1 Å². The summed E-state index contributed by atoms with van der Waals surface area (Å²) in [4.78, 5) is 12.3. The van der Waals surface area contributed by atoms with E-state index in [9.17, 15) is 13.6 Å². The third kappa shape index (κ3) is 14.4. The lowest BCUT2D eigenvalue weighted by atomic mass is 10.1. The monoisotopic (exact) mass is 492 g/mol. The van der Waals surface area contributed by atoms with Gasteiger partial charge in [0.2, 0.25) is 0 Å². The van der Waals surface area contributed by atoms with E-state index in [0.717, 1.165) is 18.1 Å². The molecule has 9 heteroatoms. The summed E-state index contributed by atoms with van der Waals surface area (Å²) in [6, 6.07) is 7.35. The Kier molecular flexibility index (Phi) is 20.2. The first-order chi connectivity index (χ1) is 15.2. The summed E-state index contributed by atoms with van der Waals surface area (Å²) in [5.41, 5.74) is 4.86. The van der Waals surface area contributed by atoms with Gasteiger partial charge in [-0.2, -0.15) is 0 Å². The Morgan fingerprint density at radius 1 is 1.12 bits per heavy atom. The molecule has 0 spiro atoms. The number of unbranched alkanes of at least 4 members (excludes halogenated alkanes) is 1. The summed E-state index contributed by atoms with van der Waals surface area (Å²) >= 11 is 6.21. The van der Waals surface area contributed by atoms with Crippen molar-refractivity contribution in [2.24, 2.45) is 11.7 Å². The number of hydrogen-bond donors (Lipinski definition) is 4. The van der Waals surface area contributed by atoms with Crippen molar-refractivity contribution in [2.75, 3.05) is 19.0 Å². The highest BCUT2D eigenvalue weighted by molar-refractivity contribution is 7.93. The molecule has 0 heterocycles. The van der Waals surface area contributed by atoms with Crippen LogP contribution in [0, 0.1) is 17.6 Å². The van der Waals surface area contributed by atoms with Gasteiger partial charge in [0.25, 0.3) is 5.91 Å². The Bertz CT molecular complexity index is 781. The summed E-state index contributed by atoms with van der Waals surface area (Å²) in [5, 5.41) is 10.3. The van der Waals surface area contributed by atoms with E-state index in [1.807, 2.05) is 0 Å². The van der Waals surface area contributed by atoms with E-state index >= 15 is 0 Å². The van der Waals surface area contributed by atoms with Crippen molar-refractivity contribution in [3.63, 3.8) is 0 Å². The van der Waals surface area contributed by atoms with Gasteiger partial charge in [-0.05, 0) is 50.2 Å². The Hall–Kier alpha value is -1.71. The predicted molar refractivity (Wildman–Crippen MR) is 131 cm³/mol. The maximum atomic E-state index is 13.0. The van der Waals surface area contributed by atoms with E-state index in [4.69, 9.17) is 21.3 Å². The van der Waals surface area contributed by atoms with Crippen LogP contribution in [0.15, 0.2) is 41.3 Å². The van der Waals surface area contributed by atoms with Gasteiger partial charge in [-0.3, -0.25) is 4.79 Å². The number of amides is 1. The average molecular weight is 493 g/mol. The Labute approximate surface area is 199 Å². The van der Waals surface area contributed by atoms with Crippen molar-refractivity contribution in [2.45, 2.75) is 51.9 Å². The minimum atomic E-state index is -1.05. The zero-order valence-corrected chi connectivity index (χ0v) is 20.9. The Balaban J connectivity index is 0. The second-order valence-corrected chi connectivity index (χ2v) is 7.70. The molecule has 5 N–H and O–H groups in total. The van der Waals surface area contributed by atoms with E-state index in [1.54, 1.807) is 6.92 Å². The highest BCUT2D eigenvalue weighted by Gasteiger charge is 2.11. The van der Waals surface area contributed by atoms with E-state index in [0.29, 0.717) is 22.0 Å². The van der Waals surface area contributed by atoms with Crippen molar-refractivity contribution in [1.29, 1.82) is 0 Å². The largest absolute Gasteiger partial charge is 0.397 e. The molecule has 0 saturated carbocycles. The number of aliphatic hydroxyl groups excluding tert-OH is 1. The van der Waals surface area contributed by atoms with Crippen LogP contribution in [0.25, 0.3) is 0 Å². The molecule has 0 bridgehead atoms. The van der Waals surface area contributed by atoms with Crippen LogP contribution >= 0.6 is 23.6 Å². The Morgan fingerprint density at radius 3 is 2.16 bits per heavy atom. The number of nitrogens with two attached hydrogens (primary N) is 1. The van der Waals surface area contributed by atoms with Gasteiger partial charge in [0.15, 0.2) is 11.6 Å². The van der Waals surface area contributed by atoms with Gasteiger partial charge in [-0.25, -0.2) is 8.78 Å². The van der Waals surface area contributed by atoms with Gasteiger partial charge in [0, 0.05) is 36.0 Å². The van der Waals surface area contributed by atoms with Crippen LogP contribution in [0.1, 0.15) is 57.3 Å². The third-order valence-corrected chi connectivity index (χ3v) is 4.58. The minimum absolute atomic E-state index is 0.127. The van der Waals surface area contributed by atoms with E-state index in [-0.39, 0.29) is 17.9 Å². The molecule has 32 heavy (non-hydrogen) atoms. The van der Waals surface area contributed by atoms with Crippen molar-refractivity contribution in [3.8, 4) is 0 Å². The number of anilines is 1. The fraction of sp³-hybridized carbons (Fsp3) is 0.435. The lowest BCUT2D eigenvalue weighted by Crippen LogP contribution is -2.12. The summed E-state index contributed by atoms with van der Waals surface area (Å²) in [5.74, 6) is -1.66. The molecule has 0 aliphatic heterocycles. The number of carbonyl (C=O) groups is 1. The Morgan fingerprint density at radius 2 is 1.72 bits per heavy atom. The van der Waals surface area contributed by atoms with Crippen LogP contribution in [0.5, 0.6) is 0 Å². The molecule has 0 fully saturated rings. The molecule has 1 amide bonds. The standard InChI is InChI=1S/C13H8ClF2NO2S.C7H16.C2H6O.CH5N/c14-9-3-1-7(5-12(9)20-19)13(18)17-8-2-4-10(15)11(16)6-8;1-4-5-6-7(2)3;1-2-3;1-2/h1-6,19H,(H,17,18);7H,4-6H2,1-3H3;3H,2H2,1H3;2H2,1H3. The quantitative estimate of drug-likeness (QED) is 0.331. The normalized spacial score (nSPS) is 9.50. The van der Waals surface area contributed by atoms with Crippen molar-refractivity contribution in [3.05, 3.63) is 58.6 Å². The maximum Gasteiger partial charge on any atom is 0.255 e. The van der Waals surface area contributed by atoms with Gasteiger partial charge in [0.1, 0.15) is 0 Å². The molecule has 0 aliphatic rings. The lowest BCUT2D eigenvalue weighted by Gasteiger charge is -2.07. The van der Waals surface area contributed by atoms with E-state index < -0.39 is 17.5 Å². The van der Waals surface area contributed by atoms with Crippen LogP contribution in [0.2, 0.25) is 5.02 Å². The first-order valence-corrected chi connectivity index (χ1v) is 11.4. The first kappa shape index (κ1) is 32.5. The number of benzene rings is 2. The zero-order valence-electron chi connectivity index (χ0n) is 19.3.